The molecule has 0 spiro atoms. The highest BCUT2D eigenvalue weighted by Gasteiger charge is 2.31. The highest BCUT2D eigenvalue weighted by molar-refractivity contribution is 5.84. The molecule has 4 rings (SSSR count). The number of likely N-dealkylation sites (tertiary alicyclic amines) is 1. The molecule has 0 aromatic carbocycles. The molecule has 2 aromatic rings. The van der Waals surface area contributed by atoms with Crippen molar-refractivity contribution < 1.29 is 19.1 Å². The predicted octanol–water partition coefficient (Wildman–Crippen LogP) is 0.522. The van der Waals surface area contributed by atoms with Gasteiger partial charge in [0.05, 0.1) is 13.2 Å². The molecule has 0 radical (unpaired) electrons. The molecular weight excluding hydrogens is 468 g/mol. The topological polar surface area (TPSA) is 166 Å². The van der Waals surface area contributed by atoms with E-state index in [4.69, 9.17) is 10.00 Å². The third kappa shape index (κ3) is 5.72. The second-order valence-corrected chi connectivity index (χ2v) is 8.49. The minimum absolute atomic E-state index is 0.106. The summed E-state index contributed by atoms with van der Waals surface area (Å²) in [7, 11) is 0. The van der Waals surface area contributed by atoms with Crippen molar-refractivity contribution in [2.24, 2.45) is 0 Å². The molecule has 13 nitrogen and oxygen atoms in total. The standard InChI is InChI=1S/C23H28N8O5/c1-15-19(26-16-4-3-7-31(13-16)22(34)18(12-24)36-14-32)28-23(27-17-5-2-6-25-21(17)33)29-20(15)30-8-10-35-11-9-30/h2,5-6,14,16,18H,3-4,7-11,13H2,1H3,(H,25,33)(H2,26,27,28,29)/t16-,18?/m1/s1. The number of nitrogens with one attached hydrogen (secondary N) is 3. The minimum atomic E-state index is -1.46. The fourth-order valence-electron chi connectivity index (χ4n) is 4.28. The number of hydrogen-bond acceptors (Lipinski definition) is 11. The number of H-pyrrole nitrogens is 1. The van der Waals surface area contributed by atoms with Crippen molar-refractivity contribution in [1.82, 2.24) is 19.9 Å². The molecule has 2 aliphatic heterocycles. The fraction of sp³-hybridized carbons (Fsp3) is 0.478. The van der Waals surface area contributed by atoms with Gasteiger partial charge in [0.1, 0.15) is 23.4 Å². The molecule has 2 saturated heterocycles. The van der Waals surface area contributed by atoms with E-state index >= 15 is 0 Å². The summed E-state index contributed by atoms with van der Waals surface area (Å²) in [4.78, 5) is 51.0. The summed E-state index contributed by atoms with van der Waals surface area (Å²) < 4.78 is 10.1. The zero-order valence-corrected chi connectivity index (χ0v) is 19.9. The molecule has 2 atom stereocenters. The second kappa shape index (κ2) is 11.5. The van der Waals surface area contributed by atoms with Gasteiger partial charge in [-0.1, -0.05) is 0 Å². The van der Waals surface area contributed by atoms with Gasteiger partial charge in [0.15, 0.2) is 0 Å². The van der Waals surface area contributed by atoms with Crippen LogP contribution in [0.3, 0.4) is 0 Å². The molecule has 2 fully saturated rings. The normalized spacial score (nSPS) is 18.6. The van der Waals surface area contributed by atoms with Crippen LogP contribution in [0, 0.1) is 18.3 Å². The summed E-state index contributed by atoms with van der Waals surface area (Å²) in [5.74, 6) is 1.00. The Morgan fingerprint density at radius 3 is 2.89 bits per heavy atom. The summed E-state index contributed by atoms with van der Waals surface area (Å²) >= 11 is 0. The molecule has 2 aliphatic rings. The Kier molecular flexibility index (Phi) is 7.96. The number of hydrogen-bond donors (Lipinski definition) is 3. The van der Waals surface area contributed by atoms with Gasteiger partial charge in [-0.15, -0.1) is 0 Å². The lowest BCUT2D eigenvalue weighted by atomic mass is 10.0. The SMILES string of the molecule is Cc1c(N[C@@H]2CCCN(C(=O)C(C#N)OC=O)C2)nc(Nc2ccc[nH]c2=O)nc1N1CCOCC1. The van der Waals surface area contributed by atoms with Crippen LogP contribution in [-0.4, -0.2) is 83.8 Å². The van der Waals surface area contributed by atoms with Crippen LogP contribution in [0.25, 0.3) is 0 Å². The van der Waals surface area contributed by atoms with Crippen LogP contribution in [-0.2, 0) is 19.1 Å². The number of carbonyl (C=O) groups excluding carboxylic acids is 2. The lowest BCUT2D eigenvalue weighted by Crippen LogP contribution is -2.49. The lowest BCUT2D eigenvalue weighted by molar-refractivity contribution is -0.148. The molecule has 4 heterocycles. The van der Waals surface area contributed by atoms with Crippen molar-refractivity contribution in [3.63, 3.8) is 0 Å². The van der Waals surface area contributed by atoms with Crippen LogP contribution in [0.2, 0.25) is 0 Å². The maximum Gasteiger partial charge on any atom is 0.294 e. The van der Waals surface area contributed by atoms with E-state index in [0.717, 1.165) is 17.8 Å². The highest BCUT2D eigenvalue weighted by atomic mass is 16.5. The monoisotopic (exact) mass is 496 g/mol. The number of nitrogens with zero attached hydrogens (tertiary/aromatic N) is 5. The van der Waals surface area contributed by atoms with Gasteiger partial charge in [0.25, 0.3) is 24.0 Å². The molecule has 0 saturated carbocycles. The van der Waals surface area contributed by atoms with E-state index in [1.165, 1.54) is 4.90 Å². The minimum Gasteiger partial charge on any atom is -0.439 e. The maximum absolute atomic E-state index is 12.6. The second-order valence-electron chi connectivity index (χ2n) is 8.49. The summed E-state index contributed by atoms with van der Waals surface area (Å²) in [5, 5.41) is 15.6. The Bertz CT molecular complexity index is 1190. The van der Waals surface area contributed by atoms with Crippen molar-refractivity contribution in [2.75, 3.05) is 54.9 Å². The summed E-state index contributed by atoms with van der Waals surface area (Å²) in [6, 6.07) is 4.90. The molecular formula is C23H28N8O5. The predicted molar refractivity (Wildman–Crippen MR) is 130 cm³/mol. The van der Waals surface area contributed by atoms with Gasteiger partial charge in [-0.05, 0) is 31.9 Å². The van der Waals surface area contributed by atoms with E-state index in [9.17, 15) is 14.4 Å². The van der Waals surface area contributed by atoms with E-state index in [0.29, 0.717) is 57.3 Å². The number of anilines is 4. The number of amides is 1. The molecule has 3 N–H and O–H groups in total. The third-order valence-electron chi connectivity index (χ3n) is 6.10. The molecule has 0 aliphatic carbocycles. The molecule has 190 valence electrons. The van der Waals surface area contributed by atoms with Crippen LogP contribution in [0.5, 0.6) is 0 Å². The molecule has 0 bridgehead atoms. The number of nitriles is 1. The smallest absolute Gasteiger partial charge is 0.294 e. The van der Waals surface area contributed by atoms with E-state index in [2.05, 4.69) is 35.2 Å². The third-order valence-corrected chi connectivity index (χ3v) is 6.10. The molecule has 36 heavy (non-hydrogen) atoms. The molecule has 2 aromatic heterocycles. The summed E-state index contributed by atoms with van der Waals surface area (Å²) in [5.41, 5.74) is 0.842. The summed E-state index contributed by atoms with van der Waals surface area (Å²) in [6.45, 7) is 5.30. The van der Waals surface area contributed by atoms with E-state index in [-0.39, 0.29) is 24.0 Å². The number of aromatic amines is 1. The summed E-state index contributed by atoms with van der Waals surface area (Å²) in [6.07, 6.45) is 1.55. The number of pyridine rings is 1. The molecule has 13 heteroatoms. The highest BCUT2D eigenvalue weighted by Crippen LogP contribution is 2.28. The number of aromatic nitrogens is 3. The van der Waals surface area contributed by atoms with Crippen LogP contribution in [0.1, 0.15) is 18.4 Å². The lowest BCUT2D eigenvalue weighted by Gasteiger charge is -2.35. The van der Waals surface area contributed by atoms with Gasteiger partial charge in [-0.2, -0.15) is 15.2 Å². The number of piperidine rings is 1. The number of ether oxygens (including phenoxy) is 2. The van der Waals surface area contributed by atoms with E-state index < -0.39 is 12.0 Å². The van der Waals surface area contributed by atoms with Gasteiger partial charge < -0.3 is 34.9 Å². The van der Waals surface area contributed by atoms with Crippen LogP contribution < -0.4 is 21.1 Å². The van der Waals surface area contributed by atoms with E-state index in [1.807, 2.05) is 6.92 Å². The van der Waals surface area contributed by atoms with Crippen LogP contribution in [0.15, 0.2) is 23.1 Å². The van der Waals surface area contributed by atoms with Crippen molar-refractivity contribution in [1.29, 1.82) is 5.26 Å². The first-order valence-electron chi connectivity index (χ1n) is 11.7. The zero-order chi connectivity index (χ0) is 25.5. The van der Waals surface area contributed by atoms with Gasteiger partial charge >= 0.3 is 0 Å². The zero-order valence-electron chi connectivity index (χ0n) is 19.9. The van der Waals surface area contributed by atoms with E-state index in [1.54, 1.807) is 24.4 Å². The molecule has 1 unspecified atom stereocenters. The van der Waals surface area contributed by atoms with Crippen molar-refractivity contribution in [2.45, 2.75) is 31.9 Å². The number of carbonyl (C=O) groups is 2. The van der Waals surface area contributed by atoms with Crippen LogP contribution in [0.4, 0.5) is 23.3 Å². The van der Waals surface area contributed by atoms with Gasteiger partial charge in [0, 0.05) is 44.0 Å². The van der Waals surface area contributed by atoms with Crippen LogP contribution >= 0.6 is 0 Å². The first-order valence-corrected chi connectivity index (χ1v) is 11.7. The van der Waals surface area contributed by atoms with Crippen molar-refractivity contribution in [3.05, 3.63) is 34.2 Å². The van der Waals surface area contributed by atoms with Crippen molar-refractivity contribution >= 4 is 35.7 Å². The Hall–Kier alpha value is -4.18. The Labute approximate surface area is 207 Å². The van der Waals surface area contributed by atoms with Gasteiger partial charge in [0.2, 0.25) is 5.95 Å². The maximum atomic E-state index is 12.6. The molecule has 1 amide bonds. The van der Waals surface area contributed by atoms with Gasteiger partial charge in [-0.3, -0.25) is 14.4 Å². The largest absolute Gasteiger partial charge is 0.439 e. The van der Waals surface area contributed by atoms with Gasteiger partial charge in [-0.25, -0.2) is 0 Å². The average molecular weight is 497 g/mol. The quantitative estimate of drug-likeness (QED) is 0.436. The Morgan fingerprint density at radius 2 is 2.17 bits per heavy atom. The van der Waals surface area contributed by atoms with Crippen molar-refractivity contribution in [3.8, 4) is 6.07 Å². The Balaban J connectivity index is 1.59. The average Bonchev–Trinajstić information content (AvgIpc) is 2.90. The first kappa shape index (κ1) is 24.9. The fourth-order valence-corrected chi connectivity index (χ4v) is 4.28. The number of rotatable bonds is 8. The number of morpholine rings is 1. The Morgan fingerprint density at radius 1 is 1.36 bits per heavy atom. The first-order chi connectivity index (χ1) is 17.5.